The highest BCUT2D eigenvalue weighted by Crippen LogP contribution is 2.23. The normalized spacial score (nSPS) is 14.8. The van der Waals surface area contributed by atoms with Gasteiger partial charge in [-0.05, 0) is 76.2 Å². The Hall–Kier alpha value is -3.59. The van der Waals surface area contributed by atoms with E-state index in [9.17, 15) is 14.0 Å². The number of likely N-dealkylation sites (tertiary alicyclic amines) is 1. The molecule has 8 nitrogen and oxygen atoms in total. The third kappa shape index (κ3) is 5.85. The number of halogens is 1. The molecule has 4 rings (SSSR count). The molecule has 1 aliphatic rings. The quantitative estimate of drug-likeness (QED) is 0.550. The van der Waals surface area contributed by atoms with Crippen LogP contribution in [0.2, 0.25) is 0 Å². The van der Waals surface area contributed by atoms with Crippen LogP contribution in [0.5, 0.6) is 0 Å². The molecule has 178 valence electrons. The highest BCUT2D eigenvalue weighted by atomic mass is 19.1. The number of para-hydroxylation sites is 1. The van der Waals surface area contributed by atoms with Crippen molar-refractivity contribution in [1.82, 2.24) is 20.4 Å². The first-order valence-electron chi connectivity index (χ1n) is 11.4. The first-order valence-corrected chi connectivity index (χ1v) is 11.4. The maximum Gasteiger partial charge on any atom is 0.253 e. The highest BCUT2D eigenvalue weighted by Gasteiger charge is 2.27. The van der Waals surface area contributed by atoms with Crippen LogP contribution in [0.1, 0.15) is 42.9 Å². The largest absolute Gasteiger partial charge is 0.350 e. The number of anilines is 1. The summed E-state index contributed by atoms with van der Waals surface area (Å²) in [7, 11) is 0. The van der Waals surface area contributed by atoms with Crippen molar-refractivity contribution < 1.29 is 18.5 Å². The number of nitrogens with zero attached hydrogens (tertiary/aromatic N) is 3. The summed E-state index contributed by atoms with van der Waals surface area (Å²) >= 11 is 0. The van der Waals surface area contributed by atoms with Gasteiger partial charge in [0.2, 0.25) is 17.6 Å². The fraction of sp³-hybridized carbons (Fsp3) is 0.360. The monoisotopic (exact) mass is 465 g/mol. The third-order valence-corrected chi connectivity index (χ3v) is 5.74. The Balaban J connectivity index is 1.30. The summed E-state index contributed by atoms with van der Waals surface area (Å²) in [4.78, 5) is 31.9. The number of hydrogen-bond donors (Lipinski definition) is 2. The molecule has 9 heteroatoms. The van der Waals surface area contributed by atoms with Crippen molar-refractivity contribution in [1.29, 1.82) is 0 Å². The number of amides is 2. The summed E-state index contributed by atoms with van der Waals surface area (Å²) in [5.41, 5.74) is 1.66. The van der Waals surface area contributed by atoms with Crippen LogP contribution in [0.4, 0.5) is 10.1 Å². The van der Waals surface area contributed by atoms with Crippen LogP contribution in [-0.4, -0.2) is 46.0 Å². The predicted octanol–water partition coefficient (Wildman–Crippen LogP) is 3.86. The number of carbonyl (C=O) groups is 2. The van der Waals surface area contributed by atoms with Gasteiger partial charge in [0.05, 0.1) is 17.8 Å². The van der Waals surface area contributed by atoms with Crippen molar-refractivity contribution in [2.45, 2.75) is 39.3 Å². The summed E-state index contributed by atoms with van der Waals surface area (Å²) in [5, 5.41) is 9.78. The van der Waals surface area contributed by atoms with Gasteiger partial charge in [0.1, 0.15) is 5.82 Å². The first kappa shape index (κ1) is 23.6. The first-order chi connectivity index (χ1) is 16.4. The molecule has 0 radical (unpaired) electrons. The van der Waals surface area contributed by atoms with E-state index in [1.807, 2.05) is 13.8 Å². The highest BCUT2D eigenvalue weighted by molar-refractivity contribution is 6.04. The van der Waals surface area contributed by atoms with Gasteiger partial charge in [0.25, 0.3) is 5.91 Å². The number of carbonyl (C=O) groups excluding carboxylic acids is 2. The molecule has 3 aromatic rings. The van der Waals surface area contributed by atoms with Gasteiger partial charge in [-0.25, -0.2) is 4.39 Å². The molecule has 2 aromatic carbocycles. The van der Waals surface area contributed by atoms with Crippen LogP contribution in [-0.2, 0) is 11.3 Å². The number of nitrogens with one attached hydrogen (secondary N) is 2. The van der Waals surface area contributed by atoms with Gasteiger partial charge in [0, 0.05) is 17.5 Å². The van der Waals surface area contributed by atoms with Crippen molar-refractivity contribution in [3.05, 3.63) is 65.8 Å². The van der Waals surface area contributed by atoms with E-state index in [1.165, 1.54) is 12.1 Å². The van der Waals surface area contributed by atoms with Gasteiger partial charge in [-0.1, -0.05) is 17.3 Å². The second-order valence-electron chi connectivity index (χ2n) is 8.73. The van der Waals surface area contributed by atoms with Gasteiger partial charge >= 0.3 is 0 Å². The SMILES string of the molecule is CC(C)NC(=O)c1ccccc1NC(=O)C1CCN(Cc2nc(-c3ccc(F)cc3)no2)CC1. The lowest BCUT2D eigenvalue weighted by Gasteiger charge is -2.30. The lowest BCUT2D eigenvalue weighted by molar-refractivity contribution is -0.121. The zero-order chi connectivity index (χ0) is 24.1. The summed E-state index contributed by atoms with van der Waals surface area (Å²) in [6, 6.07) is 13.0. The Morgan fingerprint density at radius 2 is 1.82 bits per heavy atom. The van der Waals surface area contributed by atoms with Gasteiger partial charge in [0.15, 0.2) is 0 Å². The van der Waals surface area contributed by atoms with Crippen molar-refractivity contribution in [2.75, 3.05) is 18.4 Å². The minimum atomic E-state index is -0.318. The summed E-state index contributed by atoms with van der Waals surface area (Å²) < 4.78 is 18.5. The van der Waals surface area contributed by atoms with Crippen LogP contribution in [0, 0.1) is 11.7 Å². The Morgan fingerprint density at radius 3 is 2.53 bits per heavy atom. The summed E-state index contributed by atoms with van der Waals surface area (Å²) in [6.07, 6.45) is 1.37. The second kappa shape index (κ2) is 10.6. The molecule has 0 spiro atoms. The third-order valence-electron chi connectivity index (χ3n) is 5.74. The maximum atomic E-state index is 13.1. The molecule has 2 amide bonds. The zero-order valence-electron chi connectivity index (χ0n) is 19.3. The van der Waals surface area contributed by atoms with Gasteiger partial charge < -0.3 is 15.2 Å². The second-order valence-corrected chi connectivity index (χ2v) is 8.73. The van der Waals surface area contributed by atoms with E-state index in [0.717, 1.165) is 0 Å². The minimum Gasteiger partial charge on any atom is -0.350 e. The van der Waals surface area contributed by atoms with Crippen LogP contribution in [0.15, 0.2) is 53.1 Å². The van der Waals surface area contributed by atoms with Crippen molar-refractivity contribution >= 4 is 17.5 Å². The molecule has 1 fully saturated rings. The number of piperidine rings is 1. The molecular weight excluding hydrogens is 437 g/mol. The number of aromatic nitrogens is 2. The molecule has 34 heavy (non-hydrogen) atoms. The molecule has 0 aliphatic carbocycles. The lowest BCUT2D eigenvalue weighted by atomic mass is 9.95. The summed E-state index contributed by atoms with van der Waals surface area (Å²) in [6.45, 7) is 5.69. The van der Waals surface area contributed by atoms with E-state index >= 15 is 0 Å². The molecule has 2 N–H and O–H groups in total. The Morgan fingerprint density at radius 1 is 1.12 bits per heavy atom. The van der Waals surface area contributed by atoms with E-state index in [1.54, 1.807) is 36.4 Å². The lowest BCUT2D eigenvalue weighted by Crippen LogP contribution is -2.38. The molecule has 1 aromatic heterocycles. The number of rotatable bonds is 7. The number of benzene rings is 2. The van der Waals surface area contributed by atoms with E-state index < -0.39 is 0 Å². The molecule has 0 atom stereocenters. The van der Waals surface area contributed by atoms with E-state index in [-0.39, 0.29) is 29.6 Å². The van der Waals surface area contributed by atoms with Crippen LogP contribution in [0.25, 0.3) is 11.4 Å². The van der Waals surface area contributed by atoms with Crippen LogP contribution < -0.4 is 10.6 Å². The van der Waals surface area contributed by atoms with Crippen LogP contribution >= 0.6 is 0 Å². The van der Waals surface area contributed by atoms with Crippen molar-refractivity contribution in [3.63, 3.8) is 0 Å². The van der Waals surface area contributed by atoms with Crippen LogP contribution in [0.3, 0.4) is 0 Å². The van der Waals surface area contributed by atoms with Crippen molar-refractivity contribution in [2.24, 2.45) is 5.92 Å². The molecule has 1 saturated heterocycles. The number of hydrogen-bond acceptors (Lipinski definition) is 6. The van der Waals surface area contributed by atoms with E-state index in [2.05, 4.69) is 25.7 Å². The Labute approximate surface area is 197 Å². The maximum absolute atomic E-state index is 13.1. The smallest absolute Gasteiger partial charge is 0.253 e. The molecule has 2 heterocycles. The van der Waals surface area contributed by atoms with Gasteiger partial charge in [-0.2, -0.15) is 4.98 Å². The molecule has 1 aliphatic heterocycles. The van der Waals surface area contributed by atoms with Crippen molar-refractivity contribution in [3.8, 4) is 11.4 Å². The Bertz CT molecular complexity index is 1140. The van der Waals surface area contributed by atoms with E-state index in [0.29, 0.717) is 61.0 Å². The van der Waals surface area contributed by atoms with E-state index in [4.69, 9.17) is 4.52 Å². The average Bonchev–Trinajstić information content (AvgIpc) is 3.28. The molecular formula is C25H28FN5O3. The fourth-order valence-corrected chi connectivity index (χ4v) is 3.94. The zero-order valence-corrected chi connectivity index (χ0v) is 19.3. The van der Waals surface area contributed by atoms with Gasteiger partial charge in [-0.3, -0.25) is 14.5 Å². The average molecular weight is 466 g/mol. The summed E-state index contributed by atoms with van der Waals surface area (Å²) in [5.74, 6) is 0.148. The Kier molecular flexibility index (Phi) is 7.32. The molecule has 0 saturated carbocycles. The molecule has 0 bridgehead atoms. The fourth-order valence-electron chi connectivity index (χ4n) is 3.94. The standard InChI is InChI=1S/C25H28FN5O3/c1-16(2)27-25(33)20-5-3-4-6-21(20)28-24(32)18-11-13-31(14-12-18)15-22-29-23(30-34-22)17-7-9-19(26)10-8-17/h3-10,16,18H,11-15H2,1-2H3,(H,27,33)(H,28,32). The predicted molar refractivity (Wildman–Crippen MR) is 125 cm³/mol. The minimum absolute atomic E-state index is 0.00575. The topological polar surface area (TPSA) is 100 Å². The molecule has 0 unspecified atom stereocenters. The van der Waals surface area contributed by atoms with Gasteiger partial charge in [-0.15, -0.1) is 0 Å².